The van der Waals surface area contributed by atoms with Gasteiger partial charge >= 0.3 is 0 Å². The van der Waals surface area contributed by atoms with Crippen molar-refractivity contribution >= 4 is 22.9 Å². The summed E-state index contributed by atoms with van der Waals surface area (Å²) in [5.74, 6) is -0.173. The smallest absolute Gasteiger partial charge is 0.159 e. The number of benzene rings is 1. The normalized spacial score (nSPS) is 28.5. The molecule has 0 saturated heterocycles. The lowest BCUT2D eigenvalue weighted by molar-refractivity contribution is -0.134. The van der Waals surface area contributed by atoms with E-state index >= 15 is 0 Å². The third kappa shape index (κ3) is 1.69. The van der Waals surface area contributed by atoms with E-state index in [0.29, 0.717) is 18.4 Å². The van der Waals surface area contributed by atoms with Crippen LogP contribution in [0.25, 0.3) is 5.57 Å². The molecule has 3 nitrogen and oxygen atoms in total. The lowest BCUT2D eigenvalue weighted by Gasteiger charge is -2.25. The van der Waals surface area contributed by atoms with Gasteiger partial charge in [-0.3, -0.25) is 14.4 Å². The largest absolute Gasteiger partial charge is 0.299 e. The molecule has 1 fully saturated rings. The minimum atomic E-state index is -0.798. The van der Waals surface area contributed by atoms with E-state index in [1.807, 2.05) is 18.2 Å². The van der Waals surface area contributed by atoms with Crippen LogP contribution >= 0.6 is 0 Å². The Kier molecular flexibility index (Phi) is 2.75. The van der Waals surface area contributed by atoms with E-state index in [4.69, 9.17) is 0 Å². The Morgan fingerprint density at radius 1 is 1.20 bits per heavy atom. The van der Waals surface area contributed by atoms with Gasteiger partial charge in [0.2, 0.25) is 0 Å². The summed E-state index contributed by atoms with van der Waals surface area (Å²) in [6.45, 7) is 3.28. The third-order valence-electron chi connectivity index (χ3n) is 4.60. The minimum Gasteiger partial charge on any atom is -0.299 e. The van der Waals surface area contributed by atoms with E-state index in [0.717, 1.165) is 11.1 Å². The molecule has 3 heteroatoms. The summed E-state index contributed by atoms with van der Waals surface area (Å²) in [6.07, 6.45) is 2.82. The van der Waals surface area contributed by atoms with Crippen LogP contribution in [0, 0.1) is 11.3 Å². The molecule has 20 heavy (non-hydrogen) atoms. The third-order valence-corrected chi connectivity index (χ3v) is 4.60. The number of ketones is 3. The van der Waals surface area contributed by atoms with Gasteiger partial charge in [-0.05, 0) is 31.4 Å². The Bertz CT molecular complexity index is 651. The van der Waals surface area contributed by atoms with Crippen LogP contribution in [0.5, 0.6) is 0 Å². The molecule has 0 aromatic heterocycles. The summed E-state index contributed by atoms with van der Waals surface area (Å²) >= 11 is 0. The molecule has 3 rings (SSSR count). The zero-order valence-corrected chi connectivity index (χ0v) is 11.6. The summed E-state index contributed by atoms with van der Waals surface area (Å²) in [4.78, 5) is 35.7. The number of fused-ring (bicyclic) bond motifs is 2. The molecule has 2 atom stereocenters. The highest BCUT2D eigenvalue weighted by molar-refractivity contribution is 6.19. The Morgan fingerprint density at radius 3 is 2.45 bits per heavy atom. The van der Waals surface area contributed by atoms with Crippen LogP contribution in [0.15, 0.2) is 30.3 Å². The van der Waals surface area contributed by atoms with Crippen LogP contribution in [0.1, 0.15) is 42.6 Å². The maximum atomic E-state index is 12.4. The average molecular weight is 268 g/mol. The number of hydrogen-bond acceptors (Lipinski definition) is 3. The molecule has 0 spiro atoms. The monoisotopic (exact) mass is 268 g/mol. The summed E-state index contributed by atoms with van der Waals surface area (Å²) in [5, 5.41) is 0. The standard InChI is InChI=1S/C17H16O3/c1-10(18)11-3-5-12(6-4-11)13-7-8-17(2)15(19)9-14(13)16(17)20/h3-7,14H,8-9H2,1-2H3. The molecule has 102 valence electrons. The topological polar surface area (TPSA) is 51.2 Å². The number of carbonyl (C=O) groups excluding carboxylic acids is 3. The van der Waals surface area contributed by atoms with Gasteiger partial charge in [0.25, 0.3) is 0 Å². The maximum absolute atomic E-state index is 12.4. The SMILES string of the molecule is CC(=O)c1ccc(C2=CCC3(C)C(=O)CC2C3=O)cc1. The van der Waals surface area contributed by atoms with Gasteiger partial charge in [0, 0.05) is 12.0 Å². The Balaban J connectivity index is 1.98. The number of Topliss-reactive ketones (excluding diaryl/α,β-unsaturated/α-hetero) is 3. The molecule has 0 radical (unpaired) electrons. The Labute approximate surface area is 117 Å². The first kappa shape index (κ1) is 13.0. The first-order valence-corrected chi connectivity index (χ1v) is 6.82. The maximum Gasteiger partial charge on any atom is 0.159 e. The second kappa shape index (κ2) is 4.23. The summed E-state index contributed by atoms with van der Waals surface area (Å²) in [6, 6.07) is 7.27. The molecule has 0 amide bonds. The highest BCUT2D eigenvalue weighted by Crippen LogP contribution is 2.48. The second-order valence-electron chi connectivity index (χ2n) is 5.87. The fourth-order valence-corrected chi connectivity index (χ4v) is 3.16. The highest BCUT2D eigenvalue weighted by atomic mass is 16.2. The van der Waals surface area contributed by atoms with Gasteiger partial charge in [0.1, 0.15) is 5.78 Å². The van der Waals surface area contributed by atoms with E-state index in [2.05, 4.69) is 0 Å². The fourth-order valence-electron chi connectivity index (χ4n) is 3.16. The van der Waals surface area contributed by atoms with Crippen molar-refractivity contribution in [1.82, 2.24) is 0 Å². The molecule has 2 unspecified atom stereocenters. The first-order valence-electron chi connectivity index (χ1n) is 6.82. The van der Waals surface area contributed by atoms with E-state index in [9.17, 15) is 14.4 Å². The van der Waals surface area contributed by atoms with E-state index in [-0.39, 0.29) is 23.3 Å². The van der Waals surface area contributed by atoms with Crippen molar-refractivity contribution in [2.24, 2.45) is 11.3 Å². The van der Waals surface area contributed by atoms with Gasteiger partial charge in [0.05, 0.1) is 11.3 Å². The van der Waals surface area contributed by atoms with Gasteiger partial charge < -0.3 is 0 Å². The predicted octanol–water partition coefficient (Wildman–Crippen LogP) is 2.84. The predicted molar refractivity (Wildman–Crippen MR) is 75.3 cm³/mol. The van der Waals surface area contributed by atoms with Crippen molar-refractivity contribution in [3.05, 3.63) is 41.5 Å². The lowest BCUT2D eigenvalue weighted by Crippen LogP contribution is -2.32. The first-order chi connectivity index (χ1) is 9.43. The van der Waals surface area contributed by atoms with Crippen molar-refractivity contribution in [1.29, 1.82) is 0 Å². The molecule has 2 aliphatic rings. The van der Waals surface area contributed by atoms with Gasteiger partial charge in [-0.15, -0.1) is 0 Å². The van der Waals surface area contributed by atoms with Gasteiger partial charge in [-0.25, -0.2) is 0 Å². The van der Waals surface area contributed by atoms with E-state index in [1.54, 1.807) is 19.1 Å². The zero-order chi connectivity index (χ0) is 14.5. The molecular formula is C17H16O3. The molecular weight excluding hydrogens is 252 g/mol. The highest BCUT2D eigenvalue weighted by Gasteiger charge is 2.53. The van der Waals surface area contributed by atoms with Gasteiger partial charge in [0.15, 0.2) is 11.6 Å². The molecule has 0 N–H and O–H groups in total. The molecule has 2 aliphatic carbocycles. The quantitative estimate of drug-likeness (QED) is 0.612. The molecule has 0 heterocycles. The molecule has 2 bridgehead atoms. The molecule has 1 saturated carbocycles. The van der Waals surface area contributed by atoms with Crippen LogP contribution in [-0.4, -0.2) is 17.3 Å². The van der Waals surface area contributed by atoms with Crippen molar-refractivity contribution in [2.45, 2.75) is 26.7 Å². The van der Waals surface area contributed by atoms with Crippen molar-refractivity contribution in [2.75, 3.05) is 0 Å². The zero-order valence-electron chi connectivity index (χ0n) is 11.6. The van der Waals surface area contributed by atoms with Crippen LogP contribution in [0.3, 0.4) is 0 Å². The minimum absolute atomic E-state index is 0.0221. The lowest BCUT2D eigenvalue weighted by atomic mass is 9.75. The van der Waals surface area contributed by atoms with Crippen molar-refractivity contribution in [3.8, 4) is 0 Å². The summed E-state index contributed by atoms with van der Waals surface area (Å²) < 4.78 is 0. The van der Waals surface area contributed by atoms with Crippen molar-refractivity contribution in [3.63, 3.8) is 0 Å². The van der Waals surface area contributed by atoms with Gasteiger partial charge in [-0.1, -0.05) is 30.3 Å². The molecule has 1 aromatic rings. The fraction of sp³-hybridized carbons (Fsp3) is 0.353. The van der Waals surface area contributed by atoms with E-state index in [1.165, 1.54) is 6.92 Å². The Hall–Kier alpha value is -2.03. The number of carbonyl (C=O) groups is 3. The number of rotatable bonds is 2. The van der Waals surface area contributed by atoms with Crippen LogP contribution in [0.4, 0.5) is 0 Å². The summed E-state index contributed by atoms with van der Waals surface area (Å²) in [5.41, 5.74) is 1.73. The van der Waals surface area contributed by atoms with Crippen LogP contribution < -0.4 is 0 Å². The summed E-state index contributed by atoms with van der Waals surface area (Å²) in [7, 11) is 0. The molecule has 0 aliphatic heterocycles. The van der Waals surface area contributed by atoms with Crippen molar-refractivity contribution < 1.29 is 14.4 Å². The van der Waals surface area contributed by atoms with Crippen LogP contribution in [-0.2, 0) is 9.59 Å². The number of hydrogen-bond donors (Lipinski definition) is 0. The van der Waals surface area contributed by atoms with Crippen LogP contribution in [0.2, 0.25) is 0 Å². The molecule has 1 aromatic carbocycles. The Morgan fingerprint density at radius 2 is 1.85 bits per heavy atom. The average Bonchev–Trinajstić information content (AvgIpc) is 2.58. The van der Waals surface area contributed by atoms with Gasteiger partial charge in [-0.2, -0.15) is 0 Å². The second-order valence-corrected chi connectivity index (χ2v) is 5.87. The van der Waals surface area contributed by atoms with E-state index < -0.39 is 5.41 Å². The number of allylic oxidation sites excluding steroid dienone is 2.